The normalized spacial score (nSPS) is 11.1. The summed E-state index contributed by atoms with van der Waals surface area (Å²) in [4.78, 5) is 39.1. The number of amides is 1. The van der Waals surface area contributed by atoms with E-state index in [-0.39, 0.29) is 24.4 Å². The van der Waals surface area contributed by atoms with Crippen LogP contribution in [0.15, 0.2) is 58.7 Å². The van der Waals surface area contributed by atoms with E-state index in [1.54, 1.807) is 34.4 Å². The fourth-order valence-corrected chi connectivity index (χ4v) is 4.52. The van der Waals surface area contributed by atoms with Crippen LogP contribution in [0.3, 0.4) is 0 Å². The number of H-pyrrole nitrogens is 1. The van der Waals surface area contributed by atoms with Gasteiger partial charge in [-0.1, -0.05) is 48.9 Å². The van der Waals surface area contributed by atoms with Gasteiger partial charge in [0, 0.05) is 23.4 Å². The molecule has 4 rings (SSSR count). The van der Waals surface area contributed by atoms with Crippen molar-refractivity contribution in [1.82, 2.24) is 19.9 Å². The Labute approximate surface area is 194 Å². The molecule has 2 aromatic carbocycles. The number of benzene rings is 2. The van der Waals surface area contributed by atoms with Crippen LogP contribution in [0.1, 0.15) is 35.4 Å². The largest absolute Gasteiger partial charge is 0.335 e. The van der Waals surface area contributed by atoms with Crippen molar-refractivity contribution in [3.8, 4) is 0 Å². The highest BCUT2D eigenvalue weighted by Gasteiger charge is 2.17. The van der Waals surface area contributed by atoms with Gasteiger partial charge in [-0.15, -0.1) is 11.3 Å². The molecule has 0 atom stereocenters. The van der Waals surface area contributed by atoms with E-state index in [1.165, 1.54) is 5.56 Å². The summed E-state index contributed by atoms with van der Waals surface area (Å²) in [6.07, 6.45) is 1.77. The molecule has 32 heavy (non-hydrogen) atoms. The quantitative estimate of drug-likeness (QED) is 0.411. The Bertz CT molecular complexity index is 1290. The number of halogens is 1. The van der Waals surface area contributed by atoms with Crippen LogP contribution in [-0.2, 0) is 24.2 Å². The van der Waals surface area contributed by atoms with Gasteiger partial charge in [0.2, 0.25) is 5.91 Å². The Morgan fingerprint density at radius 3 is 2.75 bits per heavy atom. The molecule has 6 nitrogen and oxygen atoms in total. The number of carbonyl (C=O) groups is 1. The molecule has 0 radical (unpaired) electrons. The second-order valence-electron chi connectivity index (χ2n) is 7.56. The maximum Gasteiger partial charge on any atom is 0.258 e. The van der Waals surface area contributed by atoms with E-state index in [9.17, 15) is 9.59 Å². The molecule has 1 N–H and O–H groups in total. The van der Waals surface area contributed by atoms with Crippen molar-refractivity contribution < 1.29 is 4.79 Å². The van der Waals surface area contributed by atoms with Crippen molar-refractivity contribution in [3.05, 3.63) is 91.4 Å². The number of carbonyl (C=O) groups excluding carboxylic acids is 1. The van der Waals surface area contributed by atoms with Crippen LogP contribution in [0.5, 0.6) is 0 Å². The smallest absolute Gasteiger partial charge is 0.258 e. The van der Waals surface area contributed by atoms with E-state index in [4.69, 9.17) is 11.6 Å². The summed E-state index contributed by atoms with van der Waals surface area (Å²) in [6, 6.07) is 15.1. The summed E-state index contributed by atoms with van der Waals surface area (Å²) < 4.78 is 0. The number of nitrogens with zero attached hydrogens (tertiary/aromatic N) is 3. The Morgan fingerprint density at radius 1 is 1.16 bits per heavy atom. The van der Waals surface area contributed by atoms with E-state index < -0.39 is 0 Å². The number of hydrogen-bond donors (Lipinski definition) is 1. The van der Waals surface area contributed by atoms with Crippen molar-refractivity contribution in [2.45, 2.75) is 32.7 Å². The molecule has 2 heterocycles. The maximum absolute atomic E-state index is 13.0. The van der Waals surface area contributed by atoms with Crippen LogP contribution in [-0.4, -0.2) is 32.3 Å². The van der Waals surface area contributed by atoms with Gasteiger partial charge in [-0.05, 0) is 30.2 Å². The third-order valence-corrected chi connectivity index (χ3v) is 6.17. The first-order valence-corrected chi connectivity index (χ1v) is 11.7. The van der Waals surface area contributed by atoms with Gasteiger partial charge in [-0.25, -0.2) is 9.97 Å². The van der Waals surface area contributed by atoms with Gasteiger partial charge in [0.25, 0.3) is 5.56 Å². The highest BCUT2D eigenvalue weighted by atomic mass is 35.5. The van der Waals surface area contributed by atoms with Crippen LogP contribution in [0.25, 0.3) is 10.9 Å². The standard InChI is InChI=1S/C24H23ClN4O2S/c1-2-10-29(14-21-27-20-12-17(25)8-9-19(20)24(31)28-21)23(30)13-18-15-32-22(26-18)11-16-6-4-3-5-7-16/h3-9,12,15H,2,10-11,13-14H2,1H3,(H,27,28,31). The van der Waals surface area contributed by atoms with Crippen LogP contribution in [0.4, 0.5) is 0 Å². The van der Waals surface area contributed by atoms with Crippen molar-refractivity contribution in [1.29, 1.82) is 0 Å². The van der Waals surface area contributed by atoms with E-state index in [1.807, 2.05) is 30.5 Å². The monoisotopic (exact) mass is 466 g/mol. The predicted molar refractivity (Wildman–Crippen MR) is 128 cm³/mol. The summed E-state index contributed by atoms with van der Waals surface area (Å²) >= 11 is 7.62. The second kappa shape index (κ2) is 10.1. The van der Waals surface area contributed by atoms with Crippen LogP contribution < -0.4 is 5.56 Å². The fraction of sp³-hybridized carbons (Fsp3) is 0.250. The highest BCUT2D eigenvalue weighted by molar-refractivity contribution is 7.09. The molecule has 8 heteroatoms. The maximum atomic E-state index is 13.0. The first-order valence-electron chi connectivity index (χ1n) is 10.4. The number of thiazole rings is 1. The van der Waals surface area contributed by atoms with Crippen LogP contribution in [0.2, 0.25) is 5.02 Å². The van der Waals surface area contributed by atoms with E-state index in [0.717, 1.165) is 23.5 Å². The van der Waals surface area contributed by atoms with Gasteiger partial charge in [-0.2, -0.15) is 0 Å². The molecule has 2 aromatic heterocycles. The lowest BCUT2D eigenvalue weighted by Crippen LogP contribution is -2.34. The number of aromatic amines is 1. The minimum atomic E-state index is -0.240. The summed E-state index contributed by atoms with van der Waals surface area (Å²) in [5.41, 5.74) is 2.23. The van der Waals surface area contributed by atoms with Crippen LogP contribution >= 0.6 is 22.9 Å². The zero-order valence-electron chi connectivity index (χ0n) is 17.7. The van der Waals surface area contributed by atoms with Crippen molar-refractivity contribution >= 4 is 39.7 Å². The third-order valence-electron chi connectivity index (χ3n) is 5.03. The molecule has 4 aromatic rings. The molecule has 0 unspecified atom stereocenters. The molecule has 0 saturated heterocycles. The summed E-state index contributed by atoms with van der Waals surface area (Å²) in [7, 11) is 0. The minimum absolute atomic E-state index is 0.0442. The molecular formula is C24H23ClN4O2S. The highest BCUT2D eigenvalue weighted by Crippen LogP contribution is 2.17. The number of nitrogens with one attached hydrogen (secondary N) is 1. The van der Waals surface area contributed by atoms with E-state index in [2.05, 4.69) is 27.1 Å². The summed E-state index contributed by atoms with van der Waals surface area (Å²) in [5, 5.41) is 3.91. The lowest BCUT2D eigenvalue weighted by atomic mass is 10.2. The molecule has 1 amide bonds. The first-order chi connectivity index (χ1) is 15.5. The number of fused-ring (bicyclic) bond motifs is 1. The van der Waals surface area contributed by atoms with Crippen molar-refractivity contribution in [3.63, 3.8) is 0 Å². The van der Waals surface area contributed by atoms with Gasteiger partial charge in [-0.3, -0.25) is 9.59 Å². The molecule has 0 aliphatic rings. The van der Waals surface area contributed by atoms with Gasteiger partial charge in [0.1, 0.15) is 5.82 Å². The lowest BCUT2D eigenvalue weighted by molar-refractivity contribution is -0.131. The SMILES string of the molecule is CCCN(Cc1nc2cc(Cl)ccc2c(=O)[nH]1)C(=O)Cc1csc(Cc2ccccc2)n1. The molecule has 0 fully saturated rings. The summed E-state index contributed by atoms with van der Waals surface area (Å²) in [5.74, 6) is 0.395. The average Bonchev–Trinajstić information content (AvgIpc) is 3.20. The van der Waals surface area contributed by atoms with E-state index >= 15 is 0 Å². The molecule has 164 valence electrons. The number of aromatic nitrogens is 3. The lowest BCUT2D eigenvalue weighted by Gasteiger charge is -2.21. The number of hydrogen-bond acceptors (Lipinski definition) is 5. The topological polar surface area (TPSA) is 79.0 Å². The summed E-state index contributed by atoms with van der Waals surface area (Å²) in [6.45, 7) is 2.81. The zero-order chi connectivity index (χ0) is 22.5. The first kappa shape index (κ1) is 22.2. The molecule has 0 saturated carbocycles. The molecule has 0 bridgehead atoms. The Kier molecular flexibility index (Phi) is 6.97. The molecule has 0 aliphatic heterocycles. The van der Waals surface area contributed by atoms with Gasteiger partial charge < -0.3 is 9.88 Å². The predicted octanol–water partition coefficient (Wildman–Crippen LogP) is 4.61. The fourth-order valence-electron chi connectivity index (χ4n) is 3.53. The van der Waals surface area contributed by atoms with E-state index in [0.29, 0.717) is 28.3 Å². The average molecular weight is 467 g/mol. The van der Waals surface area contributed by atoms with Crippen molar-refractivity contribution in [2.24, 2.45) is 0 Å². The van der Waals surface area contributed by atoms with Gasteiger partial charge in [0.05, 0.1) is 34.6 Å². The zero-order valence-corrected chi connectivity index (χ0v) is 19.2. The Morgan fingerprint density at radius 2 is 1.97 bits per heavy atom. The molecule has 0 aliphatic carbocycles. The van der Waals surface area contributed by atoms with Gasteiger partial charge in [0.15, 0.2) is 0 Å². The second-order valence-corrected chi connectivity index (χ2v) is 8.94. The Balaban J connectivity index is 1.47. The number of rotatable bonds is 8. The van der Waals surface area contributed by atoms with Crippen molar-refractivity contribution in [2.75, 3.05) is 6.54 Å². The third kappa shape index (κ3) is 5.41. The van der Waals surface area contributed by atoms with Gasteiger partial charge >= 0.3 is 0 Å². The Hall–Kier alpha value is -3.03. The molecule has 0 spiro atoms. The minimum Gasteiger partial charge on any atom is -0.335 e. The van der Waals surface area contributed by atoms with Crippen LogP contribution in [0, 0.1) is 0 Å². The molecular weight excluding hydrogens is 444 g/mol.